The third kappa shape index (κ3) is 10.7. The van der Waals surface area contributed by atoms with Gasteiger partial charge in [0.05, 0.1) is 13.0 Å². The first kappa shape index (κ1) is 35.9. The highest BCUT2D eigenvalue weighted by molar-refractivity contribution is 5.93. The van der Waals surface area contributed by atoms with Crippen molar-refractivity contribution in [3.05, 3.63) is 71.8 Å². The second-order valence-corrected chi connectivity index (χ2v) is 12.1. The molecule has 0 aliphatic carbocycles. The molecule has 0 heterocycles. The molecule has 0 fully saturated rings. The number of carbonyl (C=O) groups is 4. The molecule has 0 spiro atoms. The van der Waals surface area contributed by atoms with Crippen LogP contribution in [0.4, 0.5) is 4.79 Å². The van der Waals surface area contributed by atoms with Crippen LogP contribution in [0.25, 0.3) is 6.08 Å². The van der Waals surface area contributed by atoms with Crippen molar-refractivity contribution in [2.45, 2.75) is 91.0 Å². The van der Waals surface area contributed by atoms with Gasteiger partial charge in [-0.1, -0.05) is 49.9 Å². The maximum atomic E-state index is 14.7. The van der Waals surface area contributed by atoms with Crippen molar-refractivity contribution in [2.24, 2.45) is 0 Å². The van der Waals surface area contributed by atoms with E-state index in [4.69, 9.17) is 9.47 Å². The number of amides is 3. The summed E-state index contributed by atoms with van der Waals surface area (Å²) >= 11 is 0. The minimum atomic E-state index is -1.13. The van der Waals surface area contributed by atoms with Crippen LogP contribution in [0.15, 0.2) is 55.1 Å². The van der Waals surface area contributed by atoms with Gasteiger partial charge in [-0.05, 0) is 82.9 Å². The minimum Gasteiger partial charge on any atom is -0.508 e. The lowest BCUT2D eigenvalue weighted by Gasteiger charge is -2.44. The van der Waals surface area contributed by atoms with E-state index >= 15 is 0 Å². The first-order valence-electron chi connectivity index (χ1n) is 14.9. The molecule has 2 aromatic carbocycles. The summed E-state index contributed by atoms with van der Waals surface area (Å²) in [6.45, 7) is 16.6. The number of carbonyl (C=O) groups excluding carboxylic acids is 4. The van der Waals surface area contributed by atoms with Gasteiger partial charge in [-0.25, -0.2) is 4.79 Å². The van der Waals surface area contributed by atoms with E-state index in [0.717, 1.165) is 5.56 Å². The summed E-state index contributed by atoms with van der Waals surface area (Å²) in [5.41, 5.74) is 0.279. The normalized spacial score (nSPS) is 12.8. The third-order valence-electron chi connectivity index (χ3n) is 7.02. The molecule has 0 radical (unpaired) electrons. The van der Waals surface area contributed by atoms with E-state index in [1.165, 1.54) is 17.0 Å². The van der Waals surface area contributed by atoms with Crippen LogP contribution in [0.1, 0.15) is 84.0 Å². The molecule has 0 aliphatic heterocycles. The van der Waals surface area contributed by atoms with Gasteiger partial charge in [-0.2, -0.15) is 0 Å². The molecule has 2 unspecified atom stereocenters. The molecule has 0 saturated heterocycles. The molecule has 0 aromatic heterocycles. The van der Waals surface area contributed by atoms with E-state index in [2.05, 4.69) is 17.2 Å². The minimum absolute atomic E-state index is 0.0109. The molecule has 3 N–H and O–H groups in total. The molecule has 240 valence electrons. The first-order chi connectivity index (χ1) is 20.6. The predicted octanol–water partition coefficient (Wildman–Crippen LogP) is 5.30. The summed E-state index contributed by atoms with van der Waals surface area (Å²) in [5, 5.41) is 15.3. The van der Waals surface area contributed by atoms with E-state index in [0.29, 0.717) is 17.5 Å². The number of nitrogens with one attached hydrogen (secondary N) is 2. The number of hydrogen-bond acceptors (Lipinski definition) is 7. The smallest absolute Gasteiger partial charge is 0.408 e. The van der Waals surface area contributed by atoms with Gasteiger partial charge in [0.1, 0.15) is 23.4 Å². The Kier molecular flexibility index (Phi) is 13.0. The highest BCUT2D eigenvalue weighted by Crippen LogP contribution is 2.33. The standard InChI is InChI=1S/C34H47N3O7/c1-9-23-13-12-14-25(21-23)29(30(40)35-20-19-28(39)43-11-3)37(34(7,8)10-2)31(41)27(36-32(42)44-33(4,5)6)22-24-15-17-26(38)18-16-24/h9,12-18,21,27,29,38H,1,10-11,19-20,22H2,2-8H3,(H,35,40)(H,36,42). The maximum Gasteiger partial charge on any atom is 0.408 e. The zero-order valence-electron chi connectivity index (χ0n) is 26.9. The van der Waals surface area contributed by atoms with Crippen molar-refractivity contribution >= 4 is 30.0 Å². The molecular weight excluding hydrogens is 562 g/mol. The Hall–Kier alpha value is -4.34. The average Bonchev–Trinajstić information content (AvgIpc) is 2.95. The van der Waals surface area contributed by atoms with Gasteiger partial charge in [-0.15, -0.1) is 0 Å². The van der Waals surface area contributed by atoms with E-state index in [-0.39, 0.29) is 31.7 Å². The zero-order chi connectivity index (χ0) is 33.1. The van der Waals surface area contributed by atoms with Crippen LogP contribution in [-0.4, -0.2) is 64.2 Å². The number of phenolic OH excluding ortho intramolecular Hbond substituents is 1. The molecule has 2 aromatic rings. The largest absolute Gasteiger partial charge is 0.508 e. The van der Waals surface area contributed by atoms with Gasteiger partial charge in [0.25, 0.3) is 0 Å². The van der Waals surface area contributed by atoms with Gasteiger partial charge < -0.3 is 30.1 Å². The van der Waals surface area contributed by atoms with Crippen LogP contribution in [-0.2, 0) is 30.3 Å². The van der Waals surface area contributed by atoms with Crippen molar-refractivity contribution in [1.29, 1.82) is 0 Å². The first-order valence-corrected chi connectivity index (χ1v) is 14.9. The Morgan fingerprint density at radius 3 is 2.25 bits per heavy atom. The van der Waals surface area contributed by atoms with Crippen LogP contribution in [0.2, 0.25) is 0 Å². The van der Waals surface area contributed by atoms with Crippen molar-refractivity contribution in [3.8, 4) is 5.75 Å². The Labute approximate surface area is 260 Å². The summed E-state index contributed by atoms with van der Waals surface area (Å²) in [5.74, 6) is -1.39. The predicted molar refractivity (Wildman–Crippen MR) is 170 cm³/mol. The zero-order valence-corrected chi connectivity index (χ0v) is 26.9. The van der Waals surface area contributed by atoms with Crippen LogP contribution in [0, 0.1) is 0 Å². The van der Waals surface area contributed by atoms with E-state index in [1.54, 1.807) is 64.1 Å². The van der Waals surface area contributed by atoms with Gasteiger partial charge in [0.15, 0.2) is 0 Å². The molecule has 0 bridgehead atoms. The number of nitrogens with zero attached hydrogens (tertiary/aromatic N) is 1. The molecule has 2 rings (SSSR count). The lowest BCUT2D eigenvalue weighted by Crippen LogP contribution is -2.60. The van der Waals surface area contributed by atoms with Crippen LogP contribution < -0.4 is 10.6 Å². The highest BCUT2D eigenvalue weighted by atomic mass is 16.6. The second kappa shape index (κ2) is 15.9. The number of benzene rings is 2. The molecule has 10 heteroatoms. The highest BCUT2D eigenvalue weighted by Gasteiger charge is 2.43. The molecule has 10 nitrogen and oxygen atoms in total. The number of phenols is 1. The summed E-state index contributed by atoms with van der Waals surface area (Å²) in [4.78, 5) is 55.1. The summed E-state index contributed by atoms with van der Waals surface area (Å²) in [6.07, 6.45) is 1.37. The Morgan fingerprint density at radius 2 is 1.68 bits per heavy atom. The fourth-order valence-electron chi connectivity index (χ4n) is 4.52. The van der Waals surface area contributed by atoms with Crippen molar-refractivity contribution in [2.75, 3.05) is 13.2 Å². The van der Waals surface area contributed by atoms with Crippen molar-refractivity contribution < 1.29 is 33.8 Å². The number of alkyl carbamates (subject to hydrolysis) is 1. The van der Waals surface area contributed by atoms with E-state index in [9.17, 15) is 24.3 Å². The Balaban J connectivity index is 2.64. The number of aromatic hydroxyl groups is 1. The van der Waals surface area contributed by atoms with Crippen LogP contribution in [0.3, 0.4) is 0 Å². The average molecular weight is 610 g/mol. The van der Waals surface area contributed by atoms with E-state index in [1.807, 2.05) is 26.8 Å². The van der Waals surface area contributed by atoms with Crippen LogP contribution in [0.5, 0.6) is 5.75 Å². The third-order valence-corrected chi connectivity index (χ3v) is 7.02. The lowest BCUT2D eigenvalue weighted by atomic mass is 9.90. The lowest BCUT2D eigenvalue weighted by molar-refractivity contribution is -0.149. The number of ether oxygens (including phenoxy) is 2. The Bertz CT molecular complexity index is 1300. The van der Waals surface area contributed by atoms with E-state index < -0.39 is 47.1 Å². The molecule has 0 saturated carbocycles. The molecule has 3 amide bonds. The van der Waals surface area contributed by atoms with Crippen molar-refractivity contribution in [3.63, 3.8) is 0 Å². The molecule has 44 heavy (non-hydrogen) atoms. The van der Waals surface area contributed by atoms with Crippen LogP contribution >= 0.6 is 0 Å². The van der Waals surface area contributed by atoms with Gasteiger partial charge in [0, 0.05) is 18.5 Å². The number of rotatable bonds is 14. The second-order valence-electron chi connectivity index (χ2n) is 12.1. The summed E-state index contributed by atoms with van der Waals surface area (Å²) in [7, 11) is 0. The monoisotopic (exact) mass is 609 g/mol. The Morgan fingerprint density at radius 1 is 1.02 bits per heavy atom. The molecule has 0 aliphatic rings. The van der Waals surface area contributed by atoms with Gasteiger partial charge in [-0.3, -0.25) is 14.4 Å². The summed E-state index contributed by atoms with van der Waals surface area (Å²) in [6, 6.07) is 11.2. The maximum absolute atomic E-state index is 14.7. The van der Waals surface area contributed by atoms with Gasteiger partial charge in [0.2, 0.25) is 11.8 Å². The SMILES string of the molecule is C=Cc1cccc(C(C(=O)NCCC(=O)OCC)N(C(=O)C(Cc2ccc(O)cc2)NC(=O)OC(C)(C)C)C(C)(C)CC)c1. The molecule has 2 atom stereocenters. The topological polar surface area (TPSA) is 134 Å². The number of esters is 1. The summed E-state index contributed by atoms with van der Waals surface area (Å²) < 4.78 is 10.5. The quantitative estimate of drug-likeness (QED) is 0.248. The van der Waals surface area contributed by atoms with Crippen molar-refractivity contribution in [1.82, 2.24) is 15.5 Å². The van der Waals surface area contributed by atoms with Gasteiger partial charge >= 0.3 is 12.1 Å². The fourth-order valence-corrected chi connectivity index (χ4v) is 4.52. The number of hydrogen-bond donors (Lipinski definition) is 3. The molecular formula is C34H47N3O7. The fraction of sp³-hybridized carbons (Fsp3) is 0.471.